The molecular formula is C16H31N3O. The topological polar surface area (TPSA) is 70.6 Å². The van der Waals surface area contributed by atoms with Crippen LogP contribution in [0.5, 0.6) is 0 Å². The molecule has 0 spiro atoms. The maximum atomic E-state index is 8.60. The second kappa shape index (κ2) is 15.5. The number of amidine groups is 1. The molecule has 0 fully saturated rings. The van der Waals surface area contributed by atoms with Crippen LogP contribution >= 0.6 is 0 Å². The van der Waals surface area contributed by atoms with E-state index in [9.17, 15) is 0 Å². The molecule has 0 aromatic heterocycles. The van der Waals surface area contributed by atoms with Gasteiger partial charge >= 0.3 is 0 Å². The summed E-state index contributed by atoms with van der Waals surface area (Å²) >= 11 is 0. The van der Waals surface area contributed by atoms with Crippen LogP contribution in [0.1, 0.15) is 40.0 Å². The highest BCUT2D eigenvalue weighted by atomic mass is 16.2. The zero-order chi connectivity index (χ0) is 15.8. The third-order valence-electron chi connectivity index (χ3n) is 2.59. The highest BCUT2D eigenvalue weighted by molar-refractivity contribution is 5.77. The van der Waals surface area contributed by atoms with Gasteiger partial charge in [-0.2, -0.15) is 0 Å². The Labute approximate surface area is 124 Å². The monoisotopic (exact) mass is 281 g/mol. The summed E-state index contributed by atoms with van der Waals surface area (Å²) in [6.07, 6.45) is 10.7. The fourth-order valence-electron chi connectivity index (χ4n) is 1.37. The van der Waals surface area contributed by atoms with Gasteiger partial charge in [0.05, 0.1) is 12.4 Å². The first-order valence-corrected chi connectivity index (χ1v) is 7.11. The SMILES string of the molecule is C=C/C(=C\C=C\CO)NC(CC)CCC.CN=C(C)N. The number of hydrogen-bond donors (Lipinski definition) is 3. The Hall–Kier alpha value is -1.55. The summed E-state index contributed by atoms with van der Waals surface area (Å²) in [4.78, 5) is 3.58. The number of hydrogen-bond acceptors (Lipinski definition) is 3. The van der Waals surface area contributed by atoms with Gasteiger partial charge in [-0.1, -0.05) is 39.0 Å². The summed E-state index contributed by atoms with van der Waals surface area (Å²) in [5.74, 6) is 0.630. The zero-order valence-electron chi connectivity index (χ0n) is 13.4. The van der Waals surface area contributed by atoms with Gasteiger partial charge in [0.15, 0.2) is 0 Å². The van der Waals surface area contributed by atoms with Crippen molar-refractivity contribution in [2.45, 2.75) is 46.1 Å². The van der Waals surface area contributed by atoms with Gasteiger partial charge in [0, 0.05) is 18.8 Å². The third-order valence-corrected chi connectivity index (χ3v) is 2.59. The highest BCUT2D eigenvalue weighted by Gasteiger charge is 2.03. The van der Waals surface area contributed by atoms with E-state index in [4.69, 9.17) is 10.8 Å². The second-order valence-corrected chi connectivity index (χ2v) is 4.34. The van der Waals surface area contributed by atoms with Crippen LogP contribution in [0.4, 0.5) is 0 Å². The number of aliphatic imine (C=N–C) groups is 1. The van der Waals surface area contributed by atoms with Gasteiger partial charge in [0.1, 0.15) is 0 Å². The second-order valence-electron chi connectivity index (χ2n) is 4.34. The molecule has 4 nitrogen and oxygen atoms in total. The van der Waals surface area contributed by atoms with Gasteiger partial charge in [-0.15, -0.1) is 0 Å². The largest absolute Gasteiger partial charge is 0.392 e. The van der Waals surface area contributed by atoms with Crippen molar-refractivity contribution in [1.82, 2.24) is 5.32 Å². The quantitative estimate of drug-likeness (QED) is 0.364. The Kier molecular flexibility index (Phi) is 16.1. The van der Waals surface area contributed by atoms with E-state index in [1.165, 1.54) is 12.8 Å². The van der Waals surface area contributed by atoms with Crippen LogP contribution in [0.15, 0.2) is 41.6 Å². The zero-order valence-corrected chi connectivity index (χ0v) is 13.4. The Morgan fingerprint density at radius 3 is 2.40 bits per heavy atom. The van der Waals surface area contributed by atoms with Crippen molar-refractivity contribution < 1.29 is 5.11 Å². The van der Waals surface area contributed by atoms with Crippen LogP contribution in [0, 0.1) is 0 Å². The van der Waals surface area contributed by atoms with Crippen molar-refractivity contribution in [2.24, 2.45) is 10.7 Å². The summed E-state index contributed by atoms with van der Waals surface area (Å²) in [5, 5.41) is 12.0. The molecule has 1 atom stereocenters. The van der Waals surface area contributed by atoms with Crippen molar-refractivity contribution in [3.8, 4) is 0 Å². The maximum Gasteiger partial charge on any atom is 0.0902 e. The van der Waals surface area contributed by atoms with E-state index >= 15 is 0 Å². The number of nitrogens with one attached hydrogen (secondary N) is 1. The summed E-state index contributed by atoms with van der Waals surface area (Å²) in [6, 6.07) is 0.516. The summed E-state index contributed by atoms with van der Waals surface area (Å²) < 4.78 is 0. The minimum absolute atomic E-state index is 0.0765. The van der Waals surface area contributed by atoms with Crippen LogP contribution in [-0.2, 0) is 0 Å². The van der Waals surface area contributed by atoms with Crippen molar-refractivity contribution in [2.75, 3.05) is 13.7 Å². The summed E-state index contributed by atoms with van der Waals surface area (Å²) in [5.41, 5.74) is 6.06. The molecule has 20 heavy (non-hydrogen) atoms. The molecule has 0 heterocycles. The number of rotatable bonds is 8. The minimum atomic E-state index is 0.0765. The maximum absolute atomic E-state index is 8.60. The summed E-state index contributed by atoms with van der Waals surface area (Å²) in [7, 11) is 1.66. The molecule has 0 aromatic carbocycles. The van der Waals surface area contributed by atoms with E-state index in [1.54, 1.807) is 26.1 Å². The number of nitrogens with zero attached hydrogens (tertiary/aromatic N) is 1. The molecule has 4 N–H and O–H groups in total. The van der Waals surface area contributed by atoms with E-state index in [-0.39, 0.29) is 6.61 Å². The van der Waals surface area contributed by atoms with Crippen molar-refractivity contribution in [1.29, 1.82) is 0 Å². The van der Waals surface area contributed by atoms with Gasteiger partial charge < -0.3 is 16.2 Å². The van der Waals surface area contributed by atoms with Gasteiger partial charge in [0.2, 0.25) is 0 Å². The predicted molar refractivity (Wildman–Crippen MR) is 89.8 cm³/mol. The molecule has 0 saturated heterocycles. The third kappa shape index (κ3) is 14.5. The molecular weight excluding hydrogens is 250 g/mol. The lowest BCUT2D eigenvalue weighted by Gasteiger charge is -2.17. The van der Waals surface area contributed by atoms with Gasteiger partial charge in [0.25, 0.3) is 0 Å². The van der Waals surface area contributed by atoms with Crippen LogP contribution in [0.3, 0.4) is 0 Å². The van der Waals surface area contributed by atoms with Gasteiger partial charge in [-0.05, 0) is 31.9 Å². The molecule has 116 valence electrons. The molecule has 0 amide bonds. The van der Waals surface area contributed by atoms with Crippen LogP contribution in [-0.4, -0.2) is 30.6 Å². The molecule has 0 saturated carbocycles. The van der Waals surface area contributed by atoms with E-state index in [1.807, 2.05) is 12.2 Å². The first-order valence-electron chi connectivity index (χ1n) is 7.11. The molecule has 0 aliphatic rings. The first-order chi connectivity index (χ1) is 9.55. The van der Waals surface area contributed by atoms with Crippen LogP contribution in [0.25, 0.3) is 0 Å². The molecule has 0 radical (unpaired) electrons. The Morgan fingerprint density at radius 2 is 2.05 bits per heavy atom. The average Bonchev–Trinajstić information content (AvgIpc) is 2.46. The molecule has 0 aromatic rings. The van der Waals surface area contributed by atoms with Crippen LogP contribution < -0.4 is 11.1 Å². The highest BCUT2D eigenvalue weighted by Crippen LogP contribution is 2.04. The average molecular weight is 281 g/mol. The first kappa shape index (κ1) is 20.8. The van der Waals surface area contributed by atoms with Gasteiger partial charge in [-0.3, -0.25) is 4.99 Å². The Morgan fingerprint density at radius 1 is 1.45 bits per heavy atom. The van der Waals surface area contributed by atoms with Crippen LogP contribution in [0.2, 0.25) is 0 Å². The Bertz CT molecular complexity index is 316. The molecule has 0 aliphatic carbocycles. The van der Waals surface area contributed by atoms with Crippen molar-refractivity contribution >= 4 is 5.84 Å². The molecule has 0 rings (SSSR count). The number of aliphatic hydroxyl groups is 1. The van der Waals surface area contributed by atoms with E-state index in [0.29, 0.717) is 11.9 Å². The standard InChI is InChI=1S/C13H23NO.C3H8N2/c1-4-9-12(5-2)14-13(6-3)10-7-8-11-15;1-3(4)5-2/h6-8,10,12,14-15H,3-5,9,11H2,1-2H3;1-2H3,(H2,4,5)/b8-7+,13-10+;. The van der Waals surface area contributed by atoms with E-state index in [2.05, 4.69) is 30.7 Å². The van der Waals surface area contributed by atoms with Crippen molar-refractivity contribution in [3.63, 3.8) is 0 Å². The Balaban J connectivity index is 0. The molecule has 0 bridgehead atoms. The van der Waals surface area contributed by atoms with Gasteiger partial charge in [-0.25, -0.2) is 0 Å². The minimum Gasteiger partial charge on any atom is -0.392 e. The fourth-order valence-corrected chi connectivity index (χ4v) is 1.37. The fraction of sp³-hybridized carbons (Fsp3) is 0.562. The predicted octanol–water partition coefficient (Wildman–Crippen LogP) is 2.77. The molecule has 1 unspecified atom stereocenters. The summed E-state index contributed by atoms with van der Waals surface area (Å²) in [6.45, 7) is 9.95. The number of aliphatic hydroxyl groups excluding tert-OH is 1. The number of nitrogens with two attached hydrogens (primary N) is 1. The smallest absolute Gasteiger partial charge is 0.0902 e. The normalized spacial score (nSPS) is 13.7. The van der Waals surface area contributed by atoms with Crippen molar-refractivity contribution in [3.05, 3.63) is 36.6 Å². The lowest BCUT2D eigenvalue weighted by molar-refractivity contribution is 0.343. The lowest BCUT2D eigenvalue weighted by atomic mass is 10.1. The molecule has 0 aliphatic heterocycles. The number of allylic oxidation sites excluding steroid dienone is 3. The van der Waals surface area contributed by atoms with E-state index < -0.39 is 0 Å². The molecule has 4 heteroatoms. The lowest BCUT2D eigenvalue weighted by Crippen LogP contribution is -2.26. The van der Waals surface area contributed by atoms with E-state index in [0.717, 1.165) is 12.1 Å².